The number of nitrogens with zero attached hydrogens (tertiary/aromatic N) is 1. The lowest BCUT2D eigenvalue weighted by Crippen LogP contribution is -2.47. The van der Waals surface area contributed by atoms with Crippen LogP contribution in [0.5, 0.6) is 0 Å². The second-order valence-corrected chi connectivity index (χ2v) is 5.00. The van der Waals surface area contributed by atoms with E-state index in [0.717, 1.165) is 18.9 Å². The molecule has 116 valence electrons. The molecule has 0 spiro atoms. The van der Waals surface area contributed by atoms with Crippen LogP contribution in [-0.2, 0) is 6.18 Å². The van der Waals surface area contributed by atoms with Gasteiger partial charge in [0.2, 0.25) is 0 Å². The van der Waals surface area contributed by atoms with Crippen LogP contribution in [0.3, 0.4) is 0 Å². The van der Waals surface area contributed by atoms with Crippen LogP contribution in [0.2, 0.25) is 0 Å². The summed E-state index contributed by atoms with van der Waals surface area (Å²) in [7, 11) is 0. The Kier molecular flexibility index (Phi) is 4.72. The number of piperidine rings is 1. The Hall–Kier alpha value is -1.76. The molecule has 0 aliphatic carbocycles. The topological polar surface area (TPSA) is 52.6 Å². The van der Waals surface area contributed by atoms with E-state index < -0.39 is 17.8 Å². The first kappa shape index (κ1) is 15.6. The van der Waals surface area contributed by atoms with Crippen molar-refractivity contribution < 1.29 is 23.1 Å². The van der Waals surface area contributed by atoms with Gasteiger partial charge >= 0.3 is 12.2 Å². The number of aliphatic hydroxyl groups excluding tert-OH is 1. The summed E-state index contributed by atoms with van der Waals surface area (Å²) in [6, 6.07) is 3.91. The summed E-state index contributed by atoms with van der Waals surface area (Å²) in [6.07, 6.45) is -2.19. The lowest BCUT2D eigenvalue weighted by molar-refractivity contribution is -0.136. The predicted octanol–water partition coefficient (Wildman–Crippen LogP) is 3.08. The molecule has 1 unspecified atom stereocenters. The van der Waals surface area contributed by atoms with Gasteiger partial charge in [0.05, 0.1) is 23.9 Å². The molecule has 1 atom stereocenters. The fourth-order valence-electron chi connectivity index (χ4n) is 2.48. The van der Waals surface area contributed by atoms with E-state index in [1.54, 1.807) is 0 Å². The fourth-order valence-corrected chi connectivity index (χ4v) is 2.48. The molecule has 2 amide bonds. The van der Waals surface area contributed by atoms with Gasteiger partial charge in [-0.05, 0) is 31.4 Å². The molecule has 0 aromatic heterocycles. The Morgan fingerprint density at radius 3 is 2.71 bits per heavy atom. The molecular weight excluding hydrogens is 285 g/mol. The van der Waals surface area contributed by atoms with Gasteiger partial charge in [0.25, 0.3) is 0 Å². The zero-order valence-electron chi connectivity index (χ0n) is 11.4. The third-order valence-corrected chi connectivity index (χ3v) is 3.57. The smallest absolute Gasteiger partial charge is 0.394 e. The molecule has 1 aromatic rings. The lowest BCUT2D eigenvalue weighted by atomic mass is 10.0. The zero-order chi connectivity index (χ0) is 15.5. The molecule has 1 fully saturated rings. The second kappa shape index (κ2) is 6.34. The Balaban J connectivity index is 2.16. The number of anilines is 1. The van der Waals surface area contributed by atoms with Gasteiger partial charge in [0.15, 0.2) is 0 Å². The van der Waals surface area contributed by atoms with E-state index in [-0.39, 0.29) is 18.3 Å². The molecule has 2 rings (SSSR count). The molecule has 0 radical (unpaired) electrons. The number of amides is 2. The molecule has 1 aliphatic rings. The monoisotopic (exact) mass is 302 g/mol. The van der Waals surface area contributed by atoms with Gasteiger partial charge in [-0.2, -0.15) is 13.2 Å². The van der Waals surface area contributed by atoms with Gasteiger partial charge in [-0.25, -0.2) is 4.79 Å². The molecule has 21 heavy (non-hydrogen) atoms. The molecule has 0 bridgehead atoms. The molecule has 1 aliphatic heterocycles. The van der Waals surface area contributed by atoms with Crippen LogP contribution < -0.4 is 5.32 Å². The number of hydrogen-bond donors (Lipinski definition) is 2. The largest absolute Gasteiger partial charge is 0.418 e. The average molecular weight is 302 g/mol. The summed E-state index contributed by atoms with van der Waals surface area (Å²) in [5, 5.41) is 11.6. The van der Waals surface area contributed by atoms with Gasteiger partial charge in [-0.15, -0.1) is 0 Å². The number of hydrogen-bond acceptors (Lipinski definition) is 2. The van der Waals surface area contributed by atoms with Crippen molar-refractivity contribution in [3.8, 4) is 0 Å². The fraction of sp³-hybridized carbons (Fsp3) is 0.500. The number of benzene rings is 1. The highest BCUT2D eigenvalue weighted by Gasteiger charge is 2.34. The van der Waals surface area contributed by atoms with Gasteiger partial charge in [0.1, 0.15) is 0 Å². The minimum absolute atomic E-state index is 0.186. The molecular formula is C14H17F3N2O2. The van der Waals surface area contributed by atoms with Gasteiger partial charge < -0.3 is 15.3 Å². The summed E-state index contributed by atoms with van der Waals surface area (Å²) >= 11 is 0. The number of carbonyl (C=O) groups is 1. The Bertz CT molecular complexity index is 505. The number of likely N-dealkylation sites (tertiary alicyclic amines) is 1. The summed E-state index contributed by atoms with van der Waals surface area (Å²) < 4.78 is 38.6. The van der Waals surface area contributed by atoms with Crippen molar-refractivity contribution in [2.75, 3.05) is 18.5 Å². The van der Waals surface area contributed by atoms with E-state index in [4.69, 9.17) is 0 Å². The van der Waals surface area contributed by atoms with Crippen LogP contribution in [0.25, 0.3) is 0 Å². The number of alkyl halides is 3. The highest BCUT2D eigenvalue weighted by Crippen LogP contribution is 2.34. The van der Waals surface area contributed by atoms with Crippen LogP contribution in [0.15, 0.2) is 24.3 Å². The number of urea groups is 1. The normalized spacial score (nSPS) is 19.4. The molecule has 2 N–H and O–H groups in total. The SMILES string of the molecule is O=C(Nc1ccccc1C(F)(F)F)N1CCCCC1CO. The Morgan fingerprint density at radius 2 is 2.05 bits per heavy atom. The van der Waals surface area contributed by atoms with Crippen molar-refractivity contribution in [3.63, 3.8) is 0 Å². The molecule has 7 heteroatoms. The second-order valence-electron chi connectivity index (χ2n) is 5.00. The average Bonchev–Trinajstić information content (AvgIpc) is 2.46. The van der Waals surface area contributed by atoms with E-state index in [1.807, 2.05) is 0 Å². The highest BCUT2D eigenvalue weighted by molar-refractivity contribution is 5.90. The number of carbonyl (C=O) groups excluding carboxylic acids is 1. The number of para-hydroxylation sites is 1. The molecule has 1 heterocycles. The molecule has 1 saturated heterocycles. The maximum Gasteiger partial charge on any atom is 0.418 e. The van der Waals surface area contributed by atoms with Crippen molar-refractivity contribution in [2.45, 2.75) is 31.5 Å². The van der Waals surface area contributed by atoms with E-state index in [0.29, 0.717) is 13.0 Å². The summed E-state index contributed by atoms with van der Waals surface area (Å²) in [6.45, 7) is 0.250. The number of rotatable bonds is 2. The van der Waals surface area contributed by atoms with Crippen LogP contribution in [0.4, 0.5) is 23.7 Å². The maximum atomic E-state index is 12.9. The first-order valence-electron chi connectivity index (χ1n) is 6.78. The summed E-state index contributed by atoms with van der Waals surface area (Å²) in [5.41, 5.74) is -1.15. The van der Waals surface area contributed by atoms with Gasteiger partial charge in [-0.1, -0.05) is 12.1 Å². The van der Waals surface area contributed by atoms with Crippen LogP contribution in [-0.4, -0.2) is 35.2 Å². The summed E-state index contributed by atoms with van der Waals surface area (Å²) in [5.74, 6) is 0. The number of aliphatic hydroxyl groups is 1. The van der Waals surface area contributed by atoms with Crippen molar-refractivity contribution in [3.05, 3.63) is 29.8 Å². The standard InChI is InChI=1S/C14H17F3N2O2/c15-14(16,17)11-6-1-2-7-12(11)18-13(21)19-8-4-3-5-10(19)9-20/h1-2,6-7,10,20H,3-5,8-9H2,(H,18,21). The Labute approximate surface area is 120 Å². The quantitative estimate of drug-likeness (QED) is 0.882. The minimum Gasteiger partial charge on any atom is -0.394 e. The maximum absolute atomic E-state index is 12.9. The van der Waals surface area contributed by atoms with Crippen molar-refractivity contribution >= 4 is 11.7 Å². The number of halogens is 3. The Morgan fingerprint density at radius 1 is 1.33 bits per heavy atom. The molecule has 4 nitrogen and oxygen atoms in total. The lowest BCUT2D eigenvalue weighted by Gasteiger charge is -2.34. The number of nitrogens with one attached hydrogen (secondary N) is 1. The zero-order valence-corrected chi connectivity index (χ0v) is 11.4. The van der Waals surface area contributed by atoms with E-state index in [9.17, 15) is 23.1 Å². The van der Waals surface area contributed by atoms with E-state index in [2.05, 4.69) is 5.32 Å². The third-order valence-electron chi connectivity index (χ3n) is 3.57. The van der Waals surface area contributed by atoms with E-state index in [1.165, 1.54) is 23.1 Å². The predicted molar refractivity (Wildman–Crippen MR) is 71.9 cm³/mol. The van der Waals surface area contributed by atoms with Gasteiger partial charge in [0, 0.05) is 6.54 Å². The van der Waals surface area contributed by atoms with Crippen molar-refractivity contribution in [1.29, 1.82) is 0 Å². The van der Waals surface area contributed by atoms with Crippen molar-refractivity contribution in [1.82, 2.24) is 4.90 Å². The van der Waals surface area contributed by atoms with E-state index >= 15 is 0 Å². The minimum atomic E-state index is -4.53. The van der Waals surface area contributed by atoms with Crippen LogP contribution in [0.1, 0.15) is 24.8 Å². The third kappa shape index (κ3) is 3.66. The van der Waals surface area contributed by atoms with Crippen molar-refractivity contribution in [2.24, 2.45) is 0 Å². The first-order valence-corrected chi connectivity index (χ1v) is 6.78. The van der Waals surface area contributed by atoms with Crippen LogP contribution >= 0.6 is 0 Å². The molecule has 0 saturated carbocycles. The summed E-state index contributed by atoms with van der Waals surface area (Å²) in [4.78, 5) is 13.6. The first-order chi connectivity index (χ1) is 9.93. The highest BCUT2D eigenvalue weighted by atomic mass is 19.4. The molecule has 1 aromatic carbocycles. The van der Waals surface area contributed by atoms with Crippen LogP contribution in [0, 0.1) is 0 Å². The van der Waals surface area contributed by atoms with Gasteiger partial charge in [-0.3, -0.25) is 0 Å².